The van der Waals surface area contributed by atoms with Crippen molar-refractivity contribution in [3.05, 3.63) is 64.7 Å². The summed E-state index contributed by atoms with van der Waals surface area (Å²) in [6.45, 7) is 0.586. The summed E-state index contributed by atoms with van der Waals surface area (Å²) in [4.78, 5) is 26.2. The number of nitrogens with zero attached hydrogens (tertiary/aromatic N) is 1. The van der Waals surface area contributed by atoms with Gasteiger partial charge in [0.1, 0.15) is 0 Å². The van der Waals surface area contributed by atoms with Gasteiger partial charge in [0.25, 0.3) is 5.91 Å². The summed E-state index contributed by atoms with van der Waals surface area (Å²) in [5.41, 5.74) is 2.09. The predicted molar refractivity (Wildman–Crippen MR) is 96.2 cm³/mol. The Morgan fingerprint density at radius 1 is 1.04 bits per heavy atom. The molecule has 2 N–H and O–H groups in total. The van der Waals surface area contributed by atoms with Crippen LogP contribution in [-0.4, -0.2) is 37.4 Å². The van der Waals surface area contributed by atoms with E-state index in [2.05, 4.69) is 10.6 Å². The van der Waals surface area contributed by atoms with Crippen LogP contribution < -0.4 is 10.6 Å². The Bertz CT molecular complexity index is 732. The minimum absolute atomic E-state index is 0.125. The van der Waals surface area contributed by atoms with Gasteiger partial charge in [-0.1, -0.05) is 41.9 Å². The third kappa shape index (κ3) is 5.08. The highest BCUT2D eigenvalue weighted by atomic mass is 35.5. The van der Waals surface area contributed by atoms with Crippen molar-refractivity contribution in [3.8, 4) is 0 Å². The topological polar surface area (TPSA) is 61.4 Å². The first-order chi connectivity index (χ1) is 11.5. The fourth-order valence-electron chi connectivity index (χ4n) is 2.22. The molecule has 126 valence electrons. The Morgan fingerprint density at radius 3 is 2.42 bits per heavy atom. The lowest BCUT2D eigenvalue weighted by Crippen LogP contribution is -2.33. The van der Waals surface area contributed by atoms with E-state index in [0.29, 0.717) is 17.1 Å². The number of hydrogen-bond donors (Lipinski definition) is 2. The number of carbonyl (C=O) groups excluding carboxylic acids is 2. The summed E-state index contributed by atoms with van der Waals surface area (Å²) < 4.78 is 0. The fraction of sp³-hybridized carbons (Fsp3) is 0.222. The van der Waals surface area contributed by atoms with E-state index >= 15 is 0 Å². The van der Waals surface area contributed by atoms with Gasteiger partial charge < -0.3 is 15.5 Å². The van der Waals surface area contributed by atoms with E-state index in [9.17, 15) is 9.59 Å². The van der Waals surface area contributed by atoms with Crippen molar-refractivity contribution < 1.29 is 9.59 Å². The fourth-order valence-corrected chi connectivity index (χ4v) is 2.44. The molecule has 0 heterocycles. The molecule has 5 nitrogen and oxygen atoms in total. The Balaban J connectivity index is 1.95. The monoisotopic (exact) mass is 345 g/mol. The number of halogens is 1. The van der Waals surface area contributed by atoms with Crippen molar-refractivity contribution in [3.63, 3.8) is 0 Å². The zero-order chi connectivity index (χ0) is 17.5. The molecule has 6 heteroatoms. The van der Waals surface area contributed by atoms with Crippen molar-refractivity contribution >= 4 is 29.1 Å². The van der Waals surface area contributed by atoms with Crippen LogP contribution >= 0.6 is 11.6 Å². The zero-order valence-corrected chi connectivity index (χ0v) is 14.4. The molecule has 0 bridgehead atoms. The third-order valence-corrected chi connectivity index (χ3v) is 3.64. The van der Waals surface area contributed by atoms with Crippen LogP contribution in [0, 0.1) is 0 Å². The van der Waals surface area contributed by atoms with Gasteiger partial charge >= 0.3 is 0 Å². The smallest absolute Gasteiger partial charge is 0.253 e. The highest BCUT2D eigenvalue weighted by Gasteiger charge is 2.12. The Kier molecular flexibility index (Phi) is 6.35. The molecular weight excluding hydrogens is 326 g/mol. The van der Waals surface area contributed by atoms with Gasteiger partial charge in [-0.25, -0.2) is 0 Å². The van der Waals surface area contributed by atoms with E-state index in [1.54, 1.807) is 24.3 Å². The van der Waals surface area contributed by atoms with Crippen molar-refractivity contribution in [2.45, 2.75) is 6.54 Å². The van der Waals surface area contributed by atoms with E-state index in [-0.39, 0.29) is 18.4 Å². The van der Waals surface area contributed by atoms with Crippen LogP contribution in [-0.2, 0) is 11.3 Å². The third-order valence-electron chi connectivity index (χ3n) is 3.31. The van der Waals surface area contributed by atoms with Gasteiger partial charge in [0.15, 0.2) is 0 Å². The zero-order valence-electron chi connectivity index (χ0n) is 13.7. The lowest BCUT2D eigenvalue weighted by Gasteiger charge is -2.15. The second-order valence-corrected chi connectivity index (χ2v) is 6.01. The molecule has 2 aromatic rings. The summed E-state index contributed by atoms with van der Waals surface area (Å²) in [5.74, 6) is -0.668. The van der Waals surface area contributed by atoms with Crippen LogP contribution in [0.5, 0.6) is 0 Å². The van der Waals surface area contributed by atoms with Crippen LogP contribution in [0.1, 0.15) is 15.9 Å². The number of carbonyl (C=O) groups is 2. The number of amides is 2. The average Bonchev–Trinajstić information content (AvgIpc) is 2.54. The quantitative estimate of drug-likeness (QED) is 0.846. The van der Waals surface area contributed by atoms with Crippen molar-refractivity contribution in [1.29, 1.82) is 0 Å². The van der Waals surface area contributed by atoms with E-state index < -0.39 is 0 Å². The Morgan fingerprint density at radius 2 is 1.71 bits per heavy atom. The SMILES string of the molecule is CN(C)Cc1ccccc1NC(=O)CNC(=O)c1ccccc1Cl. The molecule has 0 aliphatic rings. The molecule has 0 saturated heterocycles. The molecule has 2 rings (SSSR count). The Hall–Kier alpha value is -2.37. The second kappa shape index (κ2) is 8.47. The van der Waals surface area contributed by atoms with Crippen molar-refractivity contribution in [1.82, 2.24) is 10.2 Å². The number of para-hydroxylation sites is 1. The molecule has 0 unspecified atom stereocenters. The van der Waals surface area contributed by atoms with Gasteiger partial charge in [0.2, 0.25) is 5.91 Å². The highest BCUT2D eigenvalue weighted by Crippen LogP contribution is 2.16. The first-order valence-corrected chi connectivity index (χ1v) is 7.90. The lowest BCUT2D eigenvalue weighted by molar-refractivity contribution is -0.115. The molecule has 0 radical (unpaired) electrons. The summed E-state index contributed by atoms with van der Waals surface area (Å²) in [6.07, 6.45) is 0. The summed E-state index contributed by atoms with van der Waals surface area (Å²) >= 11 is 5.97. The van der Waals surface area contributed by atoms with Crippen LogP contribution in [0.3, 0.4) is 0 Å². The van der Waals surface area contributed by atoms with Crippen LogP contribution in [0.25, 0.3) is 0 Å². The van der Waals surface area contributed by atoms with E-state index in [4.69, 9.17) is 11.6 Å². The normalized spacial score (nSPS) is 10.5. The van der Waals surface area contributed by atoms with Crippen molar-refractivity contribution in [2.24, 2.45) is 0 Å². The van der Waals surface area contributed by atoms with Gasteiger partial charge in [-0.3, -0.25) is 9.59 Å². The van der Waals surface area contributed by atoms with Gasteiger partial charge in [0, 0.05) is 12.2 Å². The summed E-state index contributed by atoms with van der Waals surface area (Å²) in [6, 6.07) is 14.3. The summed E-state index contributed by atoms with van der Waals surface area (Å²) in [5, 5.41) is 5.75. The number of nitrogens with one attached hydrogen (secondary N) is 2. The maximum atomic E-state index is 12.1. The molecule has 24 heavy (non-hydrogen) atoms. The van der Waals surface area contributed by atoms with E-state index in [1.165, 1.54) is 0 Å². The lowest BCUT2D eigenvalue weighted by atomic mass is 10.1. The first-order valence-electron chi connectivity index (χ1n) is 7.52. The predicted octanol–water partition coefficient (Wildman–Crippen LogP) is 2.77. The number of rotatable bonds is 6. The maximum Gasteiger partial charge on any atom is 0.253 e. The van der Waals surface area contributed by atoms with E-state index in [1.807, 2.05) is 43.3 Å². The molecule has 0 saturated carbocycles. The van der Waals surface area contributed by atoms with Crippen LogP contribution in [0.4, 0.5) is 5.69 Å². The van der Waals surface area contributed by atoms with Gasteiger partial charge in [-0.2, -0.15) is 0 Å². The van der Waals surface area contributed by atoms with Crippen LogP contribution in [0.2, 0.25) is 5.02 Å². The highest BCUT2D eigenvalue weighted by molar-refractivity contribution is 6.33. The number of benzene rings is 2. The minimum Gasteiger partial charge on any atom is -0.343 e. The molecule has 0 aliphatic heterocycles. The molecular formula is C18H20ClN3O2. The second-order valence-electron chi connectivity index (χ2n) is 5.61. The molecule has 2 amide bonds. The molecule has 0 aliphatic carbocycles. The van der Waals surface area contributed by atoms with E-state index in [0.717, 1.165) is 11.3 Å². The number of anilines is 1. The minimum atomic E-state index is -0.377. The largest absolute Gasteiger partial charge is 0.343 e. The molecule has 0 atom stereocenters. The first kappa shape index (κ1) is 18.0. The maximum absolute atomic E-state index is 12.1. The van der Waals surface area contributed by atoms with Gasteiger partial charge in [-0.05, 0) is 37.9 Å². The molecule has 0 spiro atoms. The van der Waals surface area contributed by atoms with Crippen LogP contribution in [0.15, 0.2) is 48.5 Å². The standard InChI is InChI=1S/C18H20ClN3O2/c1-22(2)12-13-7-3-6-10-16(13)21-17(23)11-20-18(24)14-8-4-5-9-15(14)19/h3-10H,11-12H2,1-2H3,(H,20,24)(H,21,23). The molecule has 0 aromatic heterocycles. The van der Waals surface area contributed by atoms with Crippen molar-refractivity contribution in [2.75, 3.05) is 26.0 Å². The van der Waals surface area contributed by atoms with Gasteiger partial charge in [0.05, 0.1) is 17.1 Å². The molecule has 2 aromatic carbocycles. The van der Waals surface area contributed by atoms with Gasteiger partial charge in [-0.15, -0.1) is 0 Å². The Labute approximate surface area is 146 Å². The average molecular weight is 346 g/mol. The number of hydrogen-bond acceptors (Lipinski definition) is 3. The molecule has 0 fully saturated rings. The summed E-state index contributed by atoms with van der Waals surface area (Å²) in [7, 11) is 3.92.